The molecule has 0 atom stereocenters. The molecule has 10 aromatic heterocycles. The lowest BCUT2D eigenvalue weighted by Crippen LogP contribution is -2.00. The van der Waals surface area contributed by atoms with Crippen LogP contribution in [0.25, 0.3) is 265 Å². The van der Waals surface area contributed by atoms with Gasteiger partial charge in [0.15, 0.2) is 23.3 Å². The Morgan fingerprint density at radius 2 is 0.449 bits per heavy atom. The van der Waals surface area contributed by atoms with Crippen LogP contribution in [0.1, 0.15) is 0 Å². The Labute approximate surface area is 792 Å². The fraction of sp³-hybridized carbons (Fsp3) is 0. The Balaban J connectivity index is 0.000000110. The number of benzene rings is 17. The minimum Gasteiger partial charge on any atom is -0.264 e. The molecule has 138 heavy (non-hydrogen) atoms. The van der Waals surface area contributed by atoms with E-state index in [4.69, 9.17) is 44.9 Å². The van der Waals surface area contributed by atoms with Gasteiger partial charge in [0, 0.05) is 175 Å². The fourth-order valence-corrected chi connectivity index (χ4v) is 19.5. The van der Waals surface area contributed by atoms with Crippen LogP contribution in [0, 0.1) is 0 Å². The molecule has 0 amide bonds. The molecular formula is C125H77N13. The van der Waals surface area contributed by atoms with E-state index in [2.05, 4.69) is 317 Å². The highest BCUT2D eigenvalue weighted by molar-refractivity contribution is 6.31. The number of hydrogen-bond donors (Lipinski definition) is 0. The maximum Gasteiger partial charge on any atom is 0.164 e. The molecule has 0 bridgehead atoms. The third-order valence-electron chi connectivity index (χ3n) is 26.1. The summed E-state index contributed by atoms with van der Waals surface area (Å²) in [5, 5.41) is 20.9. The van der Waals surface area contributed by atoms with Crippen LogP contribution in [0.5, 0.6) is 0 Å². The van der Waals surface area contributed by atoms with Gasteiger partial charge in [-0.3, -0.25) is 24.9 Å². The predicted octanol–water partition coefficient (Wildman–Crippen LogP) is 31.0. The first-order valence-electron chi connectivity index (χ1n) is 46.0. The number of hydrogen-bond acceptors (Lipinski definition) is 13. The standard InChI is InChI=1S/2C42H26N4.C41H25N5/c1-3-11-27(12-4-1)37-25-38(28-13-5-2-6-14-28)46-42(45-37)30-21-19-29(20-22-30)41-34-23-24-36-40(32-16-8-7-15-31(32)26-43-36)39(34)33-17-9-10-18-35(33)44-41;1-2-10-39-36(8-1)41-37(17-15-28-16-18-38-35(40(28)41)9-5-21-45-38)42(46-39)29-13-11-27(12-14-29)32-22-33(30-6-3-19-43-25-30)24-34(23-32)31-7-4-20-44-26-31;1-3-10-28(11-4-1)39-44-40(29-12-5-2-6-13-29)46-41(45-39)30-19-17-27(18-20-30)38-33-23-21-26-22-24-34-31(15-9-25-42-34)36(26)37(33)32-14-7-8-16-35(32)43-38/h2*1-26H;1-25H. The highest BCUT2D eigenvalue weighted by Crippen LogP contribution is 2.46. The molecule has 27 aromatic rings. The lowest BCUT2D eigenvalue weighted by Gasteiger charge is -2.15. The molecule has 0 saturated carbocycles. The van der Waals surface area contributed by atoms with Gasteiger partial charge >= 0.3 is 0 Å². The molecule has 0 aliphatic heterocycles. The van der Waals surface area contributed by atoms with Crippen LogP contribution in [-0.4, -0.2) is 64.8 Å². The van der Waals surface area contributed by atoms with Crippen LogP contribution in [0.3, 0.4) is 0 Å². The van der Waals surface area contributed by atoms with E-state index in [1.54, 1.807) is 12.4 Å². The van der Waals surface area contributed by atoms with E-state index in [1.807, 2.05) is 158 Å². The molecule has 0 saturated heterocycles. The summed E-state index contributed by atoms with van der Waals surface area (Å²) in [6.45, 7) is 0. The van der Waals surface area contributed by atoms with Crippen molar-refractivity contribution < 1.29 is 0 Å². The van der Waals surface area contributed by atoms with Crippen LogP contribution in [0.15, 0.2) is 468 Å². The molecule has 0 aliphatic carbocycles. The van der Waals surface area contributed by atoms with Crippen molar-refractivity contribution in [2.75, 3.05) is 0 Å². The number of fused-ring (bicyclic) bond motifs is 21. The van der Waals surface area contributed by atoms with Gasteiger partial charge in [0.25, 0.3) is 0 Å². The van der Waals surface area contributed by atoms with E-state index in [0.717, 1.165) is 199 Å². The highest BCUT2D eigenvalue weighted by Gasteiger charge is 2.23. The van der Waals surface area contributed by atoms with Gasteiger partial charge in [-0.25, -0.2) is 39.9 Å². The van der Waals surface area contributed by atoms with Crippen LogP contribution >= 0.6 is 0 Å². The van der Waals surface area contributed by atoms with E-state index in [9.17, 15) is 0 Å². The van der Waals surface area contributed by atoms with E-state index >= 15 is 0 Å². The van der Waals surface area contributed by atoms with Gasteiger partial charge in [-0.05, 0) is 140 Å². The highest BCUT2D eigenvalue weighted by atomic mass is 15.0. The van der Waals surface area contributed by atoms with Crippen molar-refractivity contribution in [3.8, 4) is 135 Å². The van der Waals surface area contributed by atoms with Gasteiger partial charge in [-0.15, -0.1) is 0 Å². The van der Waals surface area contributed by atoms with E-state index in [0.29, 0.717) is 23.3 Å². The number of rotatable bonds is 12. The molecule has 13 nitrogen and oxygen atoms in total. The van der Waals surface area contributed by atoms with E-state index in [1.165, 1.54) is 43.1 Å². The minimum atomic E-state index is 0.626. The van der Waals surface area contributed by atoms with Crippen molar-refractivity contribution in [2.45, 2.75) is 0 Å². The summed E-state index contributed by atoms with van der Waals surface area (Å²) in [6.07, 6.45) is 13.1. The van der Waals surface area contributed by atoms with Crippen molar-refractivity contribution in [1.29, 1.82) is 0 Å². The van der Waals surface area contributed by atoms with Gasteiger partial charge in [0.05, 0.1) is 61.6 Å². The van der Waals surface area contributed by atoms with Crippen LogP contribution in [0.2, 0.25) is 0 Å². The zero-order valence-electron chi connectivity index (χ0n) is 74.3. The van der Waals surface area contributed by atoms with Gasteiger partial charge in [-0.2, -0.15) is 0 Å². The van der Waals surface area contributed by atoms with Crippen molar-refractivity contribution in [2.24, 2.45) is 0 Å². The van der Waals surface area contributed by atoms with Crippen molar-refractivity contribution in [1.82, 2.24) is 64.8 Å². The smallest absolute Gasteiger partial charge is 0.164 e. The number of para-hydroxylation sites is 3. The average molecular weight is 1760 g/mol. The maximum absolute atomic E-state index is 5.24. The normalized spacial score (nSPS) is 11.5. The molecule has 0 aliphatic rings. The number of pyridine rings is 8. The zero-order chi connectivity index (χ0) is 91.4. The van der Waals surface area contributed by atoms with E-state index in [-0.39, 0.29) is 0 Å². The van der Waals surface area contributed by atoms with Crippen LogP contribution in [-0.2, 0) is 0 Å². The third kappa shape index (κ3) is 15.1. The van der Waals surface area contributed by atoms with Crippen LogP contribution in [0.4, 0.5) is 0 Å². The second-order valence-electron chi connectivity index (χ2n) is 34.4. The average Bonchev–Trinajstić information content (AvgIpc) is 0.733. The fourth-order valence-electron chi connectivity index (χ4n) is 19.5. The molecule has 10 heterocycles. The van der Waals surface area contributed by atoms with Crippen molar-refractivity contribution in [3.05, 3.63) is 468 Å². The molecule has 0 fully saturated rings. The summed E-state index contributed by atoms with van der Waals surface area (Å²) in [6, 6.07) is 147. The third-order valence-corrected chi connectivity index (χ3v) is 26.1. The molecule has 17 aromatic carbocycles. The molecule has 0 unspecified atom stereocenters. The summed E-state index contributed by atoms with van der Waals surface area (Å²) >= 11 is 0. The summed E-state index contributed by atoms with van der Waals surface area (Å²) in [7, 11) is 0. The Morgan fingerprint density at radius 1 is 0.138 bits per heavy atom. The lowest BCUT2D eigenvalue weighted by atomic mass is 9.92. The minimum absolute atomic E-state index is 0.626. The molecule has 0 N–H and O–H groups in total. The first-order valence-corrected chi connectivity index (χ1v) is 46.0. The summed E-state index contributed by atoms with van der Waals surface area (Å²) in [5.41, 5.74) is 26.1. The molecule has 0 spiro atoms. The Morgan fingerprint density at radius 3 is 0.877 bits per heavy atom. The second-order valence-corrected chi connectivity index (χ2v) is 34.4. The van der Waals surface area contributed by atoms with Crippen molar-refractivity contribution >= 4 is 130 Å². The molecular weight excluding hydrogens is 1680 g/mol. The largest absolute Gasteiger partial charge is 0.264 e. The molecule has 13 heteroatoms. The zero-order valence-corrected chi connectivity index (χ0v) is 74.3. The molecule has 0 radical (unpaired) electrons. The number of aromatic nitrogens is 13. The lowest BCUT2D eigenvalue weighted by molar-refractivity contribution is 1.07. The van der Waals surface area contributed by atoms with E-state index < -0.39 is 0 Å². The molecule has 27 rings (SSSR count). The summed E-state index contributed by atoms with van der Waals surface area (Å²) in [4.78, 5) is 63.3. The van der Waals surface area contributed by atoms with Crippen molar-refractivity contribution in [3.63, 3.8) is 0 Å². The van der Waals surface area contributed by atoms with Gasteiger partial charge in [0.2, 0.25) is 0 Å². The molecule has 642 valence electrons. The van der Waals surface area contributed by atoms with Crippen LogP contribution < -0.4 is 0 Å². The Bertz CT molecular complexity index is 8380. The number of nitrogens with zero attached hydrogens (tertiary/aromatic N) is 13. The SMILES string of the molecule is c1ccc(-c2cc(-c3ccccc3)nc(-c3ccc(-c4nc5ccccc5c5c4ccc4ncc6ccccc6c45)cc3)n2)cc1.c1ccc(-c2nc(-c3ccccc3)nc(-c3ccc(-c4nc5ccccc5c5c4ccc4ccc6ncccc6c45)cc3)n2)cc1.c1cncc(-c2cc(-c3ccc(-c4nc5ccccc5c5c4ccc4ccc6ncccc6c45)cc3)cc(-c3cccnc3)c2)c1. The second kappa shape index (κ2) is 35.0. The summed E-state index contributed by atoms with van der Waals surface area (Å²) in [5.74, 6) is 2.60. The Kier molecular flexibility index (Phi) is 20.6. The van der Waals surface area contributed by atoms with Gasteiger partial charge in [-0.1, -0.05) is 334 Å². The Hall–Kier alpha value is -18.9. The predicted molar refractivity (Wildman–Crippen MR) is 566 cm³/mol. The summed E-state index contributed by atoms with van der Waals surface area (Å²) < 4.78 is 0. The monoisotopic (exact) mass is 1760 g/mol. The topological polar surface area (TPSA) is 168 Å². The van der Waals surface area contributed by atoms with Gasteiger partial charge < -0.3 is 0 Å². The quantitative estimate of drug-likeness (QED) is 0.106. The first kappa shape index (κ1) is 81.2. The first-order chi connectivity index (χ1) is 68.4. The maximum atomic E-state index is 5.24. The van der Waals surface area contributed by atoms with Gasteiger partial charge in [0.1, 0.15) is 0 Å².